The lowest BCUT2D eigenvalue weighted by atomic mass is 10.1. The summed E-state index contributed by atoms with van der Waals surface area (Å²) in [5.74, 6) is 1.21. The van der Waals surface area contributed by atoms with Crippen molar-refractivity contribution >= 4 is 97.8 Å². The highest BCUT2D eigenvalue weighted by Crippen LogP contribution is 2.46. The Kier molecular flexibility index (Phi) is 26.2. The number of fused-ring (bicyclic) bond motifs is 8. The molecule has 14 aromatic carbocycles. The van der Waals surface area contributed by atoms with Crippen LogP contribution in [0.2, 0.25) is 20.1 Å². The molecule has 0 bridgehead atoms. The Morgan fingerprint density at radius 3 is 0.918 bits per heavy atom. The number of phenolic OH excluding ortho intramolecular Hbond substituents is 4. The van der Waals surface area contributed by atoms with Crippen molar-refractivity contribution in [2.45, 2.75) is 6.54 Å². The van der Waals surface area contributed by atoms with Crippen LogP contribution in [0.4, 0.5) is 0 Å². The number of benzene rings is 14. The molecule has 14 aromatic rings. The lowest BCUT2D eigenvalue weighted by Crippen LogP contribution is -2.36. The molecule has 0 fully saturated rings. The number of pyridine rings is 4. The highest BCUT2D eigenvalue weighted by atomic mass is 35.5. The van der Waals surface area contributed by atoms with Gasteiger partial charge in [0.1, 0.15) is 34.5 Å². The molecule has 22 rings (SSSR count). The summed E-state index contributed by atoms with van der Waals surface area (Å²) in [6.45, 7) is 0.0790. The molecule has 0 aliphatic carbocycles. The van der Waals surface area contributed by atoms with E-state index in [1.807, 2.05) is 12.1 Å². The van der Waals surface area contributed by atoms with Crippen LogP contribution in [0.3, 0.4) is 0 Å². The molecule has 0 spiro atoms. The molecule has 8 aliphatic rings. The predicted octanol–water partition coefficient (Wildman–Crippen LogP) is 18.8. The quantitative estimate of drug-likeness (QED) is 0.0470. The SMILES string of the molecule is N#Cc1ccc2cc3c(=O)n(-c4ccc(CNP(=O)(Oc5ccccc5)Oc5ccccc5)cc4)c(=O)nc-3n(-c3ccc(O)cc3)c2c1.N#Cc1ccc2cc3c(=O)n(-c4ccc(Cl)c(Cl)c4)c(=O)nc-3n(-c3cccc(O)c3)c2c1.N#Cc1ccc2cc3c(=O)n(-c4ccc(Cl)cc4)c(=O)nc-3n(-c3cccc(O)c3)c2c1.N#Cc1ccc2cc3c(=O)n(-c4cccc(Cl)c4)c(=O)nc-3n(-c3cccc(O)c3)c2c1. The monoisotopic (exact) mass is 2020 g/mol. The molecule has 8 aliphatic heterocycles. The van der Waals surface area contributed by atoms with Crippen LogP contribution in [0.15, 0.2) is 384 Å². The third-order valence-electron chi connectivity index (χ3n) is 23.2. The zero-order valence-electron chi connectivity index (χ0n) is 75.0. The number of halogens is 4. The summed E-state index contributed by atoms with van der Waals surface area (Å²) in [5.41, 5.74) is 3.01. The maximum Gasteiger partial charge on any atom is 0.513 e. The van der Waals surface area contributed by atoms with Crippen molar-refractivity contribution in [3.05, 3.63) is 477 Å². The molecular formula is C109H64Cl4N17O15P. The molecular weight excluding hydrogens is 1960 g/mol. The van der Waals surface area contributed by atoms with Gasteiger partial charge in [-0.25, -0.2) is 42.0 Å². The summed E-state index contributed by atoms with van der Waals surface area (Å²) in [7, 11) is -3.90. The third kappa shape index (κ3) is 19.1. The Morgan fingerprint density at radius 2 is 0.582 bits per heavy atom. The Morgan fingerprint density at radius 1 is 0.281 bits per heavy atom. The molecule has 0 saturated carbocycles. The number of rotatable bonds is 15. The van der Waals surface area contributed by atoms with Gasteiger partial charge < -0.3 is 29.5 Å². The summed E-state index contributed by atoms with van der Waals surface area (Å²) in [6, 6.07) is 101. The van der Waals surface area contributed by atoms with Crippen molar-refractivity contribution in [3.8, 4) is 150 Å². The minimum absolute atomic E-state index is 0.00575. The Balaban J connectivity index is 0.000000125. The minimum atomic E-state index is -3.90. The second kappa shape index (κ2) is 40.1. The fourth-order valence-corrected chi connectivity index (χ4v) is 18.5. The topological polar surface area (TPSA) is 451 Å². The van der Waals surface area contributed by atoms with Crippen LogP contribution >= 0.6 is 54.2 Å². The summed E-state index contributed by atoms with van der Waals surface area (Å²) in [4.78, 5) is 124. The number of nitriles is 4. The van der Waals surface area contributed by atoms with E-state index in [-0.39, 0.29) is 96.5 Å². The van der Waals surface area contributed by atoms with Crippen LogP contribution < -0.4 is 59.1 Å². The lowest BCUT2D eigenvalue weighted by Gasteiger charge is -2.20. The molecule has 0 unspecified atom stereocenters. The van der Waals surface area contributed by atoms with Crippen LogP contribution in [0, 0.1) is 45.3 Å². The first-order chi connectivity index (χ1) is 70.6. The van der Waals surface area contributed by atoms with Gasteiger partial charge in [-0.15, -0.1) is 0 Å². The van der Waals surface area contributed by atoms with Crippen LogP contribution in [0.5, 0.6) is 34.5 Å². The van der Waals surface area contributed by atoms with Crippen molar-refractivity contribution in [2.24, 2.45) is 0 Å². The molecule has 0 atom stereocenters. The Bertz CT molecular complexity index is 9650. The van der Waals surface area contributed by atoms with Crippen LogP contribution in [0.1, 0.15) is 27.8 Å². The van der Waals surface area contributed by atoms with E-state index in [0.29, 0.717) is 127 Å². The number of para-hydroxylation sites is 2. The number of aromatic hydroxyl groups is 4. The van der Waals surface area contributed by atoms with Crippen molar-refractivity contribution in [3.63, 3.8) is 0 Å². The van der Waals surface area contributed by atoms with Gasteiger partial charge >= 0.3 is 30.5 Å². The molecule has 0 saturated heterocycles. The van der Waals surface area contributed by atoms with Crippen molar-refractivity contribution in [2.75, 3.05) is 0 Å². The van der Waals surface area contributed by atoms with E-state index in [0.717, 1.165) is 18.3 Å². The fourth-order valence-electron chi connectivity index (χ4n) is 16.6. The third-order valence-corrected chi connectivity index (χ3v) is 25.9. The first kappa shape index (κ1) is 95.5. The smallest absolute Gasteiger partial charge is 0.508 e. The molecule has 8 heterocycles. The molecule has 0 amide bonds. The maximum atomic E-state index is 14.0. The van der Waals surface area contributed by atoms with Crippen LogP contribution in [0.25, 0.3) is 135 Å². The van der Waals surface area contributed by atoms with Gasteiger partial charge in [-0.2, -0.15) is 46.1 Å². The van der Waals surface area contributed by atoms with Crippen molar-refractivity contribution in [1.29, 1.82) is 21.0 Å². The van der Waals surface area contributed by atoms with E-state index in [1.54, 1.807) is 279 Å². The van der Waals surface area contributed by atoms with Gasteiger partial charge in [0.25, 0.3) is 22.2 Å². The minimum Gasteiger partial charge on any atom is -0.508 e. The highest BCUT2D eigenvalue weighted by Gasteiger charge is 2.32. The van der Waals surface area contributed by atoms with Gasteiger partial charge in [0.05, 0.1) is 141 Å². The average molecular weight is 2020 g/mol. The Hall–Kier alpha value is -19.4. The van der Waals surface area contributed by atoms with E-state index in [9.17, 15) is 84.4 Å². The normalized spacial score (nSPS) is 11.1. The average Bonchev–Trinajstić information content (AvgIpc) is 0.751. The van der Waals surface area contributed by atoms with Gasteiger partial charge in [0.2, 0.25) is 0 Å². The van der Waals surface area contributed by atoms with E-state index in [2.05, 4.69) is 49.3 Å². The Labute approximate surface area is 842 Å². The zero-order valence-corrected chi connectivity index (χ0v) is 78.9. The first-order valence-corrected chi connectivity index (χ1v) is 46.8. The van der Waals surface area contributed by atoms with Crippen LogP contribution in [-0.4, -0.2) is 76.9 Å². The zero-order chi connectivity index (χ0) is 102. The van der Waals surface area contributed by atoms with Crippen LogP contribution in [-0.2, 0) is 11.1 Å². The van der Waals surface area contributed by atoms with E-state index < -0.39 is 52.7 Å². The number of nitrogens with one attached hydrogen (secondary N) is 1. The number of phenols is 4. The second-order valence-corrected chi connectivity index (χ2v) is 35.9. The number of nitrogens with zero attached hydrogens (tertiary/aromatic N) is 16. The van der Waals surface area contributed by atoms with Crippen molar-refractivity contribution < 1.29 is 34.0 Å². The summed E-state index contributed by atoms with van der Waals surface area (Å²) in [5, 5.41) is 84.4. The largest absolute Gasteiger partial charge is 0.513 e. The summed E-state index contributed by atoms with van der Waals surface area (Å²) >= 11 is 24.1. The summed E-state index contributed by atoms with van der Waals surface area (Å²) in [6.07, 6.45) is 0. The molecule has 5 N–H and O–H groups in total. The van der Waals surface area contributed by atoms with Crippen molar-refractivity contribution in [1.82, 2.24) is 61.6 Å². The first-order valence-electron chi connectivity index (χ1n) is 43.8. The molecule has 0 aromatic heterocycles. The number of aromatic nitrogens is 12. The highest BCUT2D eigenvalue weighted by molar-refractivity contribution is 7.52. The van der Waals surface area contributed by atoms with Gasteiger partial charge in [-0.05, 0) is 258 Å². The maximum absolute atomic E-state index is 14.0. The van der Waals surface area contributed by atoms with E-state index in [1.165, 1.54) is 72.8 Å². The molecule has 708 valence electrons. The standard InChI is InChI=1S/C37H26N5O6P.C24H12Cl2N4O3.2C24H13ClN4O3/c38-23-26-11-14-27-22-33-35(41(34(27)21-26)28-17-19-30(43)20-18-28)40-37(45)42(36(33)44)29-15-12-25(13-16-29)24-39-49(46,47-31-7-3-1-4-8-31)48-32-9-5-2-6-10-32;25-19-7-6-16(11-20(19)26)30-23(32)18-9-14-5-4-13(12-27)8-21(14)29(22(18)28-24(30)33)15-2-1-3-17(31)10-15;25-16-3-1-4-17(11-16)29-23(31)20-10-15-8-7-14(13-26)9-21(15)28(22(20)27-24(29)32)18-5-2-6-19(30)12-18;25-16-6-8-17(9-7-16)29-23(31)20-11-15-5-4-14(13-26)10-21(15)28(22(20)27-24(29)32)18-2-1-3-19(30)12-18/h1-22,43H,24H2,(H,39,46);1-11,31H;2*1-12,30H. The van der Waals surface area contributed by atoms with E-state index in [4.69, 9.17) is 55.5 Å². The predicted molar refractivity (Wildman–Crippen MR) is 552 cm³/mol. The second-order valence-electron chi connectivity index (χ2n) is 32.5. The molecule has 32 nitrogen and oxygen atoms in total. The number of hydrogen-bond acceptors (Lipinski definition) is 23. The van der Waals surface area contributed by atoms with Gasteiger partial charge in [-0.1, -0.05) is 143 Å². The van der Waals surface area contributed by atoms with Gasteiger partial charge in [0, 0.05) is 40.5 Å². The molecule has 146 heavy (non-hydrogen) atoms. The van der Waals surface area contributed by atoms with Gasteiger partial charge in [0.15, 0.2) is 23.3 Å². The molecule has 0 radical (unpaired) electrons. The van der Waals surface area contributed by atoms with Gasteiger partial charge in [-0.3, -0.25) is 37.4 Å². The fraction of sp³-hybridized carbons (Fsp3) is 0.00917. The molecule has 37 heteroatoms. The number of hydrogen-bond donors (Lipinski definition) is 5. The van der Waals surface area contributed by atoms with E-state index >= 15 is 0 Å². The lowest BCUT2D eigenvalue weighted by molar-refractivity contribution is 0.370. The summed E-state index contributed by atoms with van der Waals surface area (Å²) < 4.78 is 35.6.